The summed E-state index contributed by atoms with van der Waals surface area (Å²) < 4.78 is 6.50. The Morgan fingerprint density at radius 2 is 1.96 bits per heavy atom. The highest BCUT2D eigenvalue weighted by Gasteiger charge is 2.26. The number of thiophene rings is 1. The van der Waals surface area contributed by atoms with E-state index in [1.54, 1.807) is 18.3 Å². The first kappa shape index (κ1) is 18.0. The van der Waals surface area contributed by atoms with Gasteiger partial charge in [-0.3, -0.25) is 0 Å². The molecule has 1 atom stereocenters. The third-order valence-corrected chi connectivity index (χ3v) is 6.57. The Bertz CT molecular complexity index is 1010. The molecule has 1 saturated heterocycles. The molecule has 0 aromatic carbocycles. The van der Waals surface area contributed by atoms with E-state index in [0.29, 0.717) is 12.4 Å². The Morgan fingerprint density at radius 3 is 2.75 bits per heavy atom. The lowest BCUT2D eigenvalue weighted by molar-refractivity contribution is 0.122. The lowest BCUT2D eigenvalue weighted by atomic mass is 9.90. The number of aliphatic hydroxyl groups is 1. The van der Waals surface area contributed by atoms with Gasteiger partial charge in [-0.25, -0.2) is 4.98 Å². The van der Waals surface area contributed by atoms with Gasteiger partial charge in [0.05, 0.1) is 19.3 Å². The highest BCUT2D eigenvalue weighted by atomic mass is 32.1. The molecular weight excluding hydrogens is 376 g/mol. The quantitative estimate of drug-likeness (QED) is 0.688. The number of aryl methyl sites for hydroxylation is 1. The molecule has 8 nitrogen and oxygen atoms in total. The number of nitrogens with one attached hydrogen (secondary N) is 1. The Morgan fingerprint density at radius 1 is 1.18 bits per heavy atom. The second-order valence-electron chi connectivity index (χ2n) is 7.53. The molecular formula is C19H24N6O2S. The molecule has 2 aliphatic rings. The fraction of sp³-hybridized carbons (Fsp3) is 0.579. The lowest BCUT2D eigenvalue weighted by Gasteiger charge is -2.31. The van der Waals surface area contributed by atoms with Crippen LogP contribution in [0.4, 0.5) is 11.6 Å². The number of nitrogens with zero attached hydrogens (tertiary/aromatic N) is 5. The average Bonchev–Trinajstić information content (AvgIpc) is 3.11. The van der Waals surface area contributed by atoms with Gasteiger partial charge in [0.1, 0.15) is 20.9 Å². The van der Waals surface area contributed by atoms with Gasteiger partial charge in [-0.2, -0.15) is 0 Å². The number of rotatable bonds is 4. The maximum atomic E-state index is 9.61. The van der Waals surface area contributed by atoms with Crippen LogP contribution in [0.1, 0.15) is 30.9 Å². The SMILES string of the molecule is CC(O)CNc1nnnc2c1sc1nc(N3CCOCC3)c3c(c12)CCCC3. The second kappa shape index (κ2) is 7.38. The van der Waals surface area contributed by atoms with Crippen molar-refractivity contribution >= 4 is 43.4 Å². The average molecular weight is 401 g/mol. The molecule has 148 valence electrons. The minimum atomic E-state index is -0.460. The molecule has 1 aliphatic carbocycles. The minimum absolute atomic E-state index is 0.423. The van der Waals surface area contributed by atoms with Gasteiger partial charge in [0.25, 0.3) is 0 Å². The van der Waals surface area contributed by atoms with E-state index >= 15 is 0 Å². The predicted molar refractivity (Wildman–Crippen MR) is 110 cm³/mol. The number of hydrogen-bond acceptors (Lipinski definition) is 9. The van der Waals surface area contributed by atoms with Crippen LogP contribution >= 0.6 is 11.3 Å². The first-order chi connectivity index (χ1) is 13.7. The van der Waals surface area contributed by atoms with Gasteiger partial charge < -0.3 is 20.1 Å². The topological polar surface area (TPSA) is 96.3 Å². The van der Waals surface area contributed by atoms with Crippen molar-refractivity contribution in [3.63, 3.8) is 0 Å². The van der Waals surface area contributed by atoms with Gasteiger partial charge >= 0.3 is 0 Å². The Labute approximate surface area is 166 Å². The van der Waals surface area contributed by atoms with Crippen LogP contribution in [-0.2, 0) is 17.6 Å². The van der Waals surface area contributed by atoms with Gasteiger partial charge in [-0.05, 0) is 48.9 Å². The van der Waals surface area contributed by atoms with Crippen LogP contribution in [0.5, 0.6) is 0 Å². The van der Waals surface area contributed by atoms with Crippen molar-refractivity contribution in [1.29, 1.82) is 0 Å². The van der Waals surface area contributed by atoms with Crippen LogP contribution in [0, 0.1) is 0 Å². The molecule has 0 spiro atoms. The van der Waals surface area contributed by atoms with E-state index in [1.807, 2.05) is 0 Å². The summed E-state index contributed by atoms with van der Waals surface area (Å²) in [5.74, 6) is 1.79. The van der Waals surface area contributed by atoms with Gasteiger partial charge in [-0.1, -0.05) is 0 Å². The summed E-state index contributed by atoms with van der Waals surface area (Å²) in [6.45, 7) is 5.45. The maximum Gasteiger partial charge on any atom is 0.170 e. The van der Waals surface area contributed by atoms with E-state index in [4.69, 9.17) is 9.72 Å². The summed E-state index contributed by atoms with van der Waals surface area (Å²) in [6.07, 6.45) is 4.05. The number of hydrogen-bond donors (Lipinski definition) is 2. The number of morpholine rings is 1. The molecule has 0 saturated carbocycles. The first-order valence-corrected chi connectivity index (χ1v) is 10.8. The Hall–Kier alpha value is -2.10. The molecule has 9 heteroatoms. The summed E-state index contributed by atoms with van der Waals surface area (Å²) in [5.41, 5.74) is 3.63. The zero-order valence-electron chi connectivity index (χ0n) is 15.9. The van der Waals surface area contributed by atoms with Gasteiger partial charge in [0.2, 0.25) is 0 Å². The van der Waals surface area contributed by atoms with Crippen LogP contribution in [0.2, 0.25) is 0 Å². The fourth-order valence-electron chi connectivity index (χ4n) is 4.16. The van der Waals surface area contributed by atoms with Crippen LogP contribution in [-0.4, -0.2) is 64.5 Å². The number of anilines is 2. The highest BCUT2D eigenvalue weighted by molar-refractivity contribution is 7.26. The van der Waals surface area contributed by atoms with Crippen molar-refractivity contribution in [2.24, 2.45) is 0 Å². The Kier molecular flexibility index (Phi) is 4.73. The molecule has 3 aromatic rings. The number of fused-ring (bicyclic) bond motifs is 5. The van der Waals surface area contributed by atoms with Gasteiger partial charge in [0.15, 0.2) is 5.82 Å². The predicted octanol–water partition coefficient (Wildman–Crippen LogP) is 2.14. The van der Waals surface area contributed by atoms with Crippen molar-refractivity contribution < 1.29 is 9.84 Å². The smallest absolute Gasteiger partial charge is 0.170 e. The van der Waals surface area contributed by atoms with E-state index in [1.165, 1.54) is 24.0 Å². The van der Waals surface area contributed by atoms with E-state index < -0.39 is 6.10 Å². The van der Waals surface area contributed by atoms with Crippen LogP contribution in [0.25, 0.3) is 20.4 Å². The normalized spacial score (nSPS) is 18.4. The van der Waals surface area contributed by atoms with Crippen molar-refractivity contribution in [2.45, 2.75) is 38.7 Å². The molecule has 5 rings (SSSR count). The molecule has 2 N–H and O–H groups in total. The molecule has 1 aliphatic heterocycles. The zero-order chi connectivity index (χ0) is 19.1. The fourth-order valence-corrected chi connectivity index (χ4v) is 5.26. The van der Waals surface area contributed by atoms with Crippen molar-refractivity contribution in [3.05, 3.63) is 11.1 Å². The number of aliphatic hydroxyl groups excluding tert-OH is 1. The number of aromatic nitrogens is 4. The van der Waals surface area contributed by atoms with E-state index in [0.717, 1.165) is 65.4 Å². The van der Waals surface area contributed by atoms with Gasteiger partial charge in [0, 0.05) is 25.0 Å². The van der Waals surface area contributed by atoms with E-state index in [2.05, 4.69) is 25.6 Å². The zero-order valence-corrected chi connectivity index (χ0v) is 16.8. The minimum Gasteiger partial charge on any atom is -0.392 e. The van der Waals surface area contributed by atoms with Crippen LogP contribution in [0.3, 0.4) is 0 Å². The monoisotopic (exact) mass is 400 g/mol. The summed E-state index contributed by atoms with van der Waals surface area (Å²) in [4.78, 5) is 8.47. The second-order valence-corrected chi connectivity index (χ2v) is 8.53. The van der Waals surface area contributed by atoms with E-state index in [9.17, 15) is 5.11 Å². The highest BCUT2D eigenvalue weighted by Crippen LogP contribution is 2.42. The maximum absolute atomic E-state index is 9.61. The third-order valence-electron chi connectivity index (χ3n) is 5.49. The molecule has 0 bridgehead atoms. The summed E-state index contributed by atoms with van der Waals surface area (Å²) >= 11 is 1.61. The molecule has 1 unspecified atom stereocenters. The largest absolute Gasteiger partial charge is 0.392 e. The van der Waals surface area contributed by atoms with E-state index in [-0.39, 0.29) is 0 Å². The Balaban J connectivity index is 1.70. The van der Waals surface area contributed by atoms with Gasteiger partial charge in [-0.15, -0.1) is 21.5 Å². The lowest BCUT2D eigenvalue weighted by Crippen LogP contribution is -2.37. The van der Waals surface area contributed by atoms with Crippen LogP contribution in [0.15, 0.2) is 0 Å². The van der Waals surface area contributed by atoms with Crippen molar-refractivity contribution in [2.75, 3.05) is 43.1 Å². The number of ether oxygens (including phenoxy) is 1. The summed E-state index contributed by atoms with van der Waals surface area (Å²) in [7, 11) is 0. The van der Waals surface area contributed by atoms with Crippen molar-refractivity contribution in [1.82, 2.24) is 20.4 Å². The standard InChI is InChI=1S/C19H24N6O2S/c1-11(26)10-20-17-16-15(22-24-23-17)14-12-4-2-3-5-13(12)18(21-19(14)28-16)25-6-8-27-9-7-25/h11,26H,2-10H2,1H3,(H,20,22,23). The molecule has 0 radical (unpaired) electrons. The molecule has 0 amide bonds. The molecule has 1 fully saturated rings. The molecule has 28 heavy (non-hydrogen) atoms. The summed E-state index contributed by atoms with van der Waals surface area (Å²) in [6, 6.07) is 0. The van der Waals surface area contributed by atoms with Crippen molar-refractivity contribution in [3.8, 4) is 0 Å². The summed E-state index contributed by atoms with van der Waals surface area (Å²) in [5, 5.41) is 26.5. The molecule has 3 aromatic heterocycles. The third kappa shape index (κ3) is 3.07. The van der Waals surface area contributed by atoms with Crippen LogP contribution < -0.4 is 10.2 Å². The number of pyridine rings is 1. The first-order valence-electron chi connectivity index (χ1n) is 9.94. The molecule has 4 heterocycles.